The minimum Gasteiger partial charge on any atom is -0.495 e. The molecule has 0 saturated heterocycles. The lowest BCUT2D eigenvalue weighted by atomic mass is 10.1. The molecule has 7 heteroatoms. The second-order valence-electron chi connectivity index (χ2n) is 8.01. The summed E-state index contributed by atoms with van der Waals surface area (Å²) >= 11 is 6.22. The van der Waals surface area contributed by atoms with E-state index in [0.29, 0.717) is 33.8 Å². The van der Waals surface area contributed by atoms with E-state index < -0.39 is 0 Å². The molecule has 2 heterocycles. The summed E-state index contributed by atoms with van der Waals surface area (Å²) in [6.45, 7) is 1.95. The fraction of sp³-hybridized carbons (Fsp3) is 0.0714. The Morgan fingerprint density at radius 1 is 1.06 bits per heavy atom. The van der Waals surface area contributed by atoms with Gasteiger partial charge in [0.15, 0.2) is 0 Å². The molecule has 1 amide bonds. The molecule has 35 heavy (non-hydrogen) atoms. The van der Waals surface area contributed by atoms with Gasteiger partial charge in [-0.2, -0.15) is 0 Å². The third kappa shape index (κ3) is 4.83. The molecule has 174 valence electrons. The van der Waals surface area contributed by atoms with E-state index in [0.717, 1.165) is 27.7 Å². The van der Waals surface area contributed by atoms with Crippen LogP contribution in [0.1, 0.15) is 11.3 Å². The molecular formula is C28H22ClN3O3. The van der Waals surface area contributed by atoms with Crippen LogP contribution in [0.5, 0.6) is 5.75 Å². The third-order valence-electron chi connectivity index (χ3n) is 5.60. The summed E-state index contributed by atoms with van der Waals surface area (Å²) in [6, 6.07) is 22.7. The van der Waals surface area contributed by atoms with Gasteiger partial charge in [-0.05, 0) is 67.1 Å². The van der Waals surface area contributed by atoms with Crippen LogP contribution in [-0.2, 0) is 4.79 Å². The number of carbonyl (C=O) groups excluding carboxylic acids is 1. The van der Waals surface area contributed by atoms with Crippen molar-refractivity contribution in [3.8, 4) is 28.5 Å². The van der Waals surface area contributed by atoms with Crippen molar-refractivity contribution in [2.75, 3.05) is 12.4 Å². The predicted octanol–water partition coefficient (Wildman–Crippen LogP) is 7.11. The number of methoxy groups -OCH3 is 1. The first-order valence-electron chi connectivity index (χ1n) is 11.0. The molecule has 3 aromatic carbocycles. The van der Waals surface area contributed by atoms with Gasteiger partial charge in [0.05, 0.1) is 23.8 Å². The number of nitrogens with zero attached hydrogens (tertiary/aromatic N) is 1. The average molecular weight is 484 g/mol. The first kappa shape index (κ1) is 22.5. The van der Waals surface area contributed by atoms with Crippen LogP contribution < -0.4 is 10.1 Å². The monoisotopic (exact) mass is 483 g/mol. The number of aryl methyl sites for hydroxylation is 1. The zero-order valence-corrected chi connectivity index (χ0v) is 19.9. The lowest BCUT2D eigenvalue weighted by Crippen LogP contribution is -2.09. The Balaban J connectivity index is 1.33. The number of benzene rings is 3. The molecule has 0 aliphatic rings. The number of nitrogens with one attached hydrogen (secondary N) is 2. The Morgan fingerprint density at radius 3 is 2.69 bits per heavy atom. The Morgan fingerprint density at radius 2 is 1.89 bits per heavy atom. The molecule has 2 aromatic heterocycles. The van der Waals surface area contributed by atoms with Crippen LogP contribution in [0.25, 0.3) is 39.8 Å². The summed E-state index contributed by atoms with van der Waals surface area (Å²) in [5, 5.41) is 3.55. The molecule has 0 aliphatic heterocycles. The van der Waals surface area contributed by atoms with Gasteiger partial charge in [0.25, 0.3) is 0 Å². The van der Waals surface area contributed by atoms with Gasteiger partial charge in [-0.15, -0.1) is 0 Å². The van der Waals surface area contributed by atoms with E-state index in [1.165, 1.54) is 6.08 Å². The largest absolute Gasteiger partial charge is 0.495 e. The Hall–Kier alpha value is -4.29. The van der Waals surface area contributed by atoms with E-state index >= 15 is 0 Å². The highest BCUT2D eigenvalue weighted by molar-refractivity contribution is 6.31. The highest BCUT2D eigenvalue weighted by atomic mass is 35.5. The van der Waals surface area contributed by atoms with Crippen LogP contribution in [0, 0.1) is 6.92 Å². The third-order valence-corrected chi connectivity index (χ3v) is 6.01. The van der Waals surface area contributed by atoms with Gasteiger partial charge >= 0.3 is 0 Å². The van der Waals surface area contributed by atoms with Crippen LogP contribution >= 0.6 is 11.6 Å². The van der Waals surface area contributed by atoms with Gasteiger partial charge in [0.2, 0.25) is 5.91 Å². The van der Waals surface area contributed by atoms with E-state index in [9.17, 15) is 4.79 Å². The first-order valence-corrected chi connectivity index (χ1v) is 11.4. The molecule has 0 aliphatic carbocycles. The number of carbonyl (C=O) groups is 1. The zero-order valence-electron chi connectivity index (χ0n) is 19.1. The van der Waals surface area contributed by atoms with E-state index in [1.54, 1.807) is 25.3 Å². The van der Waals surface area contributed by atoms with Crippen molar-refractivity contribution in [1.82, 2.24) is 9.97 Å². The van der Waals surface area contributed by atoms with Crippen molar-refractivity contribution < 1.29 is 13.9 Å². The number of amides is 1. The van der Waals surface area contributed by atoms with Crippen LogP contribution in [0.15, 0.2) is 83.3 Å². The lowest BCUT2D eigenvalue weighted by Gasteiger charge is -2.10. The second kappa shape index (κ2) is 9.52. The Bertz CT molecular complexity index is 1530. The van der Waals surface area contributed by atoms with Gasteiger partial charge in [-0.1, -0.05) is 35.9 Å². The number of aromatic amines is 1. The minimum atomic E-state index is -0.318. The van der Waals surface area contributed by atoms with Gasteiger partial charge in [-0.25, -0.2) is 4.98 Å². The number of hydrogen-bond acceptors (Lipinski definition) is 4. The Kier molecular flexibility index (Phi) is 6.12. The van der Waals surface area contributed by atoms with Crippen molar-refractivity contribution in [3.63, 3.8) is 0 Å². The lowest BCUT2D eigenvalue weighted by molar-refractivity contribution is -0.111. The van der Waals surface area contributed by atoms with Crippen molar-refractivity contribution in [3.05, 3.63) is 95.2 Å². The van der Waals surface area contributed by atoms with Gasteiger partial charge in [-0.3, -0.25) is 4.79 Å². The number of anilines is 1. The molecule has 0 bridgehead atoms. The summed E-state index contributed by atoms with van der Waals surface area (Å²) < 4.78 is 11.3. The van der Waals surface area contributed by atoms with Gasteiger partial charge in [0, 0.05) is 22.2 Å². The highest BCUT2D eigenvalue weighted by Gasteiger charge is 2.11. The van der Waals surface area contributed by atoms with Gasteiger partial charge < -0.3 is 19.5 Å². The van der Waals surface area contributed by atoms with Gasteiger partial charge in [0.1, 0.15) is 23.1 Å². The summed E-state index contributed by atoms with van der Waals surface area (Å²) in [5.74, 6) is 2.16. The topological polar surface area (TPSA) is 80.1 Å². The smallest absolute Gasteiger partial charge is 0.248 e. The average Bonchev–Trinajstić information content (AvgIpc) is 3.52. The second-order valence-corrected chi connectivity index (χ2v) is 8.41. The highest BCUT2D eigenvalue weighted by Crippen LogP contribution is 2.31. The number of aromatic nitrogens is 2. The van der Waals surface area contributed by atoms with E-state index in [2.05, 4.69) is 15.3 Å². The molecule has 0 spiro atoms. The van der Waals surface area contributed by atoms with Crippen molar-refractivity contribution >= 4 is 40.3 Å². The fourth-order valence-corrected chi connectivity index (χ4v) is 3.90. The molecule has 5 rings (SSSR count). The van der Waals surface area contributed by atoms with E-state index in [-0.39, 0.29) is 5.91 Å². The maximum Gasteiger partial charge on any atom is 0.248 e. The molecule has 0 atom stereocenters. The van der Waals surface area contributed by atoms with E-state index in [1.807, 2.05) is 67.6 Å². The number of ether oxygens (including phenoxy) is 1. The first-order chi connectivity index (χ1) is 17.0. The number of hydrogen-bond donors (Lipinski definition) is 2. The molecule has 5 aromatic rings. The van der Waals surface area contributed by atoms with Crippen LogP contribution in [-0.4, -0.2) is 23.0 Å². The molecule has 0 fully saturated rings. The van der Waals surface area contributed by atoms with Crippen LogP contribution in [0.3, 0.4) is 0 Å². The summed E-state index contributed by atoms with van der Waals surface area (Å²) in [5.41, 5.74) is 5.05. The Labute approximate surface area is 207 Å². The summed E-state index contributed by atoms with van der Waals surface area (Å²) in [4.78, 5) is 20.6. The molecule has 2 N–H and O–H groups in total. The normalized spacial score (nSPS) is 11.3. The number of fused-ring (bicyclic) bond motifs is 1. The number of furan rings is 1. The molecule has 0 unspecified atom stereocenters. The van der Waals surface area contributed by atoms with Crippen LogP contribution in [0.4, 0.5) is 5.69 Å². The number of H-pyrrole nitrogens is 1. The minimum absolute atomic E-state index is 0.318. The SMILES string of the molecule is COc1ccc(-c2nc3ccccc3[nH]2)cc1NC(=O)/C=C/c1ccc(-c2ccc(C)c(Cl)c2)o1. The fourth-order valence-electron chi connectivity index (χ4n) is 3.72. The number of rotatable bonds is 6. The molecule has 6 nitrogen and oxygen atoms in total. The number of imidazole rings is 1. The van der Waals surface area contributed by atoms with Crippen LogP contribution in [0.2, 0.25) is 5.02 Å². The standard InChI is InChI=1S/C28H22ClN3O3/c1-17-7-8-18(15-21(17)29)25-13-10-20(35-25)11-14-27(33)30-24-16-19(9-12-26(24)34-2)28-31-22-5-3-4-6-23(22)32-28/h3-16H,1-2H3,(H,30,33)(H,31,32)/b14-11+. The maximum atomic E-state index is 12.7. The van der Waals surface area contributed by atoms with E-state index in [4.69, 9.17) is 20.8 Å². The van der Waals surface area contributed by atoms with Crippen molar-refractivity contribution in [2.45, 2.75) is 6.92 Å². The number of para-hydroxylation sites is 2. The molecule has 0 saturated carbocycles. The zero-order chi connectivity index (χ0) is 24.4. The summed E-state index contributed by atoms with van der Waals surface area (Å²) in [6.07, 6.45) is 3.03. The molecular weight excluding hydrogens is 462 g/mol. The quantitative estimate of drug-likeness (QED) is 0.252. The predicted molar refractivity (Wildman–Crippen MR) is 140 cm³/mol. The number of halogens is 1. The van der Waals surface area contributed by atoms with Crippen molar-refractivity contribution in [2.24, 2.45) is 0 Å². The summed E-state index contributed by atoms with van der Waals surface area (Å²) in [7, 11) is 1.56. The maximum absolute atomic E-state index is 12.7. The van der Waals surface area contributed by atoms with Crippen molar-refractivity contribution in [1.29, 1.82) is 0 Å². The molecule has 0 radical (unpaired) electrons.